The molecule has 3 aromatic rings. The van der Waals surface area contributed by atoms with E-state index in [0.29, 0.717) is 22.2 Å². The van der Waals surface area contributed by atoms with Crippen LogP contribution in [0, 0.1) is 0 Å². The van der Waals surface area contributed by atoms with Crippen molar-refractivity contribution in [3.8, 4) is 0 Å². The monoisotopic (exact) mass is 333 g/mol. The summed E-state index contributed by atoms with van der Waals surface area (Å²) in [5.74, 6) is -0.356. The Morgan fingerprint density at radius 2 is 2.04 bits per heavy atom. The van der Waals surface area contributed by atoms with Crippen LogP contribution in [0.3, 0.4) is 0 Å². The zero-order valence-corrected chi connectivity index (χ0v) is 12.8. The number of carbonyl (C=O) groups excluding carboxylic acids is 1. The fourth-order valence-electron chi connectivity index (χ4n) is 2.53. The predicted molar refractivity (Wildman–Crippen MR) is 83.3 cm³/mol. The number of fused-ring (bicyclic) bond motifs is 1. The maximum Gasteiger partial charge on any atom is 0.416 e. The second-order valence-electron chi connectivity index (χ2n) is 5.41. The molecule has 0 unspecified atom stereocenters. The Balaban J connectivity index is 1.78. The van der Waals surface area contributed by atoms with Gasteiger partial charge in [-0.25, -0.2) is 4.98 Å². The third-order valence-corrected chi connectivity index (χ3v) is 3.69. The quantitative estimate of drug-likeness (QED) is 0.797. The number of benzene rings is 1. The Morgan fingerprint density at radius 3 is 2.79 bits per heavy atom. The topological polar surface area (TPSA) is 46.9 Å². The molecule has 0 saturated heterocycles. The zero-order valence-electron chi connectivity index (χ0n) is 12.8. The highest BCUT2D eigenvalue weighted by atomic mass is 19.4. The smallest absolute Gasteiger partial charge is 0.348 e. The molecule has 1 amide bonds. The third kappa shape index (κ3) is 3.10. The van der Waals surface area contributed by atoms with E-state index in [2.05, 4.69) is 10.3 Å². The van der Waals surface area contributed by atoms with Crippen LogP contribution in [-0.4, -0.2) is 15.5 Å². The van der Waals surface area contributed by atoms with E-state index in [-0.39, 0.29) is 12.5 Å². The molecule has 24 heavy (non-hydrogen) atoms. The fraction of sp³-hybridized carbons (Fsp3) is 0.176. The number of halogens is 3. The lowest BCUT2D eigenvalue weighted by Gasteiger charge is -2.09. The Morgan fingerprint density at radius 1 is 1.25 bits per heavy atom. The van der Waals surface area contributed by atoms with E-state index in [0.717, 1.165) is 12.1 Å². The van der Waals surface area contributed by atoms with Gasteiger partial charge in [-0.2, -0.15) is 13.2 Å². The molecular formula is C17H14F3N3O. The van der Waals surface area contributed by atoms with Crippen LogP contribution >= 0.6 is 0 Å². The Labute approximate surface area is 135 Å². The first-order chi connectivity index (χ1) is 11.4. The van der Waals surface area contributed by atoms with Gasteiger partial charge in [-0.1, -0.05) is 12.1 Å². The normalized spacial score (nSPS) is 11.7. The average molecular weight is 333 g/mol. The summed E-state index contributed by atoms with van der Waals surface area (Å²) in [7, 11) is 1.78. The number of pyridine rings is 1. The molecule has 0 fully saturated rings. The first kappa shape index (κ1) is 16.0. The highest BCUT2D eigenvalue weighted by molar-refractivity contribution is 6.06. The first-order valence-corrected chi connectivity index (χ1v) is 7.20. The second-order valence-corrected chi connectivity index (χ2v) is 5.41. The Kier molecular flexibility index (Phi) is 4.01. The molecule has 4 nitrogen and oxygen atoms in total. The van der Waals surface area contributed by atoms with Crippen molar-refractivity contribution in [2.45, 2.75) is 12.7 Å². The lowest BCUT2D eigenvalue weighted by Crippen LogP contribution is -2.22. The molecule has 0 radical (unpaired) electrons. The average Bonchev–Trinajstić information content (AvgIpc) is 2.90. The molecule has 7 heteroatoms. The number of carbonyl (C=O) groups is 1. The number of nitrogens with one attached hydrogen (secondary N) is 1. The molecule has 0 aliphatic carbocycles. The number of hydrogen-bond donors (Lipinski definition) is 1. The van der Waals surface area contributed by atoms with E-state index >= 15 is 0 Å². The van der Waals surface area contributed by atoms with Crippen molar-refractivity contribution in [2.24, 2.45) is 7.05 Å². The molecular weight excluding hydrogens is 319 g/mol. The van der Waals surface area contributed by atoms with Crippen LogP contribution in [0.15, 0.2) is 48.8 Å². The number of aromatic nitrogens is 2. The van der Waals surface area contributed by atoms with Crippen molar-refractivity contribution in [2.75, 3.05) is 0 Å². The van der Waals surface area contributed by atoms with Crippen molar-refractivity contribution in [3.05, 3.63) is 65.5 Å². The van der Waals surface area contributed by atoms with Crippen molar-refractivity contribution >= 4 is 16.9 Å². The molecule has 1 aromatic carbocycles. The van der Waals surface area contributed by atoms with E-state index in [1.165, 1.54) is 6.07 Å². The predicted octanol–water partition coefficient (Wildman–Crippen LogP) is 3.52. The van der Waals surface area contributed by atoms with Crippen molar-refractivity contribution in [1.29, 1.82) is 0 Å². The van der Waals surface area contributed by atoms with Gasteiger partial charge in [0.1, 0.15) is 5.65 Å². The van der Waals surface area contributed by atoms with Crippen LogP contribution in [0.1, 0.15) is 21.5 Å². The van der Waals surface area contributed by atoms with Gasteiger partial charge in [-0.3, -0.25) is 4.79 Å². The number of rotatable bonds is 3. The van der Waals surface area contributed by atoms with E-state index in [4.69, 9.17) is 0 Å². The molecule has 0 aliphatic heterocycles. The maximum atomic E-state index is 12.7. The van der Waals surface area contributed by atoms with Gasteiger partial charge in [0, 0.05) is 31.4 Å². The van der Waals surface area contributed by atoms with E-state index < -0.39 is 11.7 Å². The number of hydrogen-bond acceptors (Lipinski definition) is 2. The summed E-state index contributed by atoms with van der Waals surface area (Å²) in [5.41, 5.74) is 0.759. The van der Waals surface area contributed by atoms with Gasteiger partial charge in [0.05, 0.1) is 11.1 Å². The van der Waals surface area contributed by atoms with Gasteiger partial charge in [0.25, 0.3) is 5.91 Å². The van der Waals surface area contributed by atoms with Crippen LogP contribution in [0.4, 0.5) is 13.2 Å². The summed E-state index contributed by atoms with van der Waals surface area (Å²) < 4.78 is 39.9. The van der Waals surface area contributed by atoms with Crippen molar-refractivity contribution in [3.63, 3.8) is 0 Å². The number of aryl methyl sites for hydroxylation is 1. The molecule has 0 saturated carbocycles. The highest BCUT2D eigenvalue weighted by Crippen LogP contribution is 2.29. The summed E-state index contributed by atoms with van der Waals surface area (Å²) in [6.45, 7) is 0.0133. The maximum absolute atomic E-state index is 12.7. The zero-order chi connectivity index (χ0) is 17.3. The summed E-state index contributed by atoms with van der Waals surface area (Å²) in [5, 5.41) is 3.35. The first-order valence-electron chi connectivity index (χ1n) is 7.20. The standard InChI is InChI=1S/C17H14F3N3O/c1-23-10-14(13-6-3-7-21-15(13)23)16(24)22-9-11-4-2-5-12(8-11)17(18,19)20/h2-8,10H,9H2,1H3,(H,22,24). The van der Waals surface area contributed by atoms with Gasteiger partial charge in [-0.15, -0.1) is 0 Å². The summed E-state index contributed by atoms with van der Waals surface area (Å²) >= 11 is 0. The van der Waals surface area contributed by atoms with E-state index in [9.17, 15) is 18.0 Å². The van der Waals surface area contributed by atoms with E-state index in [1.807, 2.05) is 0 Å². The molecule has 3 rings (SSSR count). The second kappa shape index (κ2) is 5.99. The summed E-state index contributed by atoms with van der Waals surface area (Å²) in [4.78, 5) is 16.6. The minimum atomic E-state index is -4.40. The number of nitrogens with zero attached hydrogens (tertiary/aromatic N) is 2. The van der Waals surface area contributed by atoms with Gasteiger partial charge < -0.3 is 9.88 Å². The summed E-state index contributed by atoms with van der Waals surface area (Å²) in [6, 6.07) is 8.41. The molecule has 124 valence electrons. The Hall–Kier alpha value is -2.83. The molecule has 1 N–H and O–H groups in total. The highest BCUT2D eigenvalue weighted by Gasteiger charge is 2.30. The molecule has 0 bridgehead atoms. The molecule has 0 aliphatic rings. The summed E-state index contributed by atoms with van der Waals surface area (Å²) in [6.07, 6.45) is -1.12. The minimum absolute atomic E-state index is 0.0133. The van der Waals surface area contributed by atoms with Gasteiger partial charge in [-0.05, 0) is 29.8 Å². The minimum Gasteiger partial charge on any atom is -0.348 e. The van der Waals surface area contributed by atoms with Crippen LogP contribution in [0.2, 0.25) is 0 Å². The largest absolute Gasteiger partial charge is 0.416 e. The third-order valence-electron chi connectivity index (χ3n) is 3.69. The van der Waals surface area contributed by atoms with Crippen LogP contribution < -0.4 is 5.32 Å². The van der Waals surface area contributed by atoms with Crippen LogP contribution in [0.25, 0.3) is 11.0 Å². The molecule has 0 atom stereocenters. The molecule has 0 spiro atoms. The number of alkyl halides is 3. The van der Waals surface area contributed by atoms with Gasteiger partial charge in [0.2, 0.25) is 0 Å². The van der Waals surface area contributed by atoms with Crippen LogP contribution in [-0.2, 0) is 19.8 Å². The SMILES string of the molecule is Cn1cc(C(=O)NCc2cccc(C(F)(F)F)c2)c2cccnc21. The van der Waals surface area contributed by atoms with Gasteiger partial charge in [0.15, 0.2) is 0 Å². The fourth-order valence-corrected chi connectivity index (χ4v) is 2.53. The lowest BCUT2D eigenvalue weighted by molar-refractivity contribution is -0.137. The molecule has 2 heterocycles. The van der Waals surface area contributed by atoms with Crippen molar-refractivity contribution in [1.82, 2.24) is 14.9 Å². The molecule has 2 aromatic heterocycles. The number of amides is 1. The van der Waals surface area contributed by atoms with Crippen molar-refractivity contribution < 1.29 is 18.0 Å². The Bertz CT molecular complexity index is 899. The van der Waals surface area contributed by atoms with E-state index in [1.54, 1.807) is 42.2 Å². The van der Waals surface area contributed by atoms with Crippen LogP contribution in [0.5, 0.6) is 0 Å². The lowest BCUT2D eigenvalue weighted by atomic mass is 10.1. The van der Waals surface area contributed by atoms with Gasteiger partial charge >= 0.3 is 6.18 Å².